The minimum Gasteiger partial charge on any atom is -0.272 e. The van der Waals surface area contributed by atoms with Crippen LogP contribution in [0.1, 0.15) is 12.1 Å². The summed E-state index contributed by atoms with van der Waals surface area (Å²) in [6.45, 7) is 2.86. The van der Waals surface area contributed by atoms with E-state index in [1.54, 1.807) is 16.8 Å². The SMILES string of the molecule is Cc1ccn(CCCNS(=O)(=O)c2cccc3nonc23)n1. The highest BCUT2D eigenvalue weighted by molar-refractivity contribution is 7.89. The molecule has 0 aliphatic rings. The Bertz CT molecular complexity index is 884. The van der Waals surface area contributed by atoms with Crippen molar-refractivity contribution in [1.29, 1.82) is 0 Å². The first-order valence-corrected chi connectivity index (χ1v) is 8.25. The Morgan fingerprint density at radius 3 is 2.91 bits per heavy atom. The van der Waals surface area contributed by atoms with E-state index in [-0.39, 0.29) is 10.4 Å². The molecule has 1 aromatic carbocycles. The van der Waals surface area contributed by atoms with Gasteiger partial charge in [-0.3, -0.25) is 4.68 Å². The second-order valence-corrected chi connectivity index (χ2v) is 6.59. The van der Waals surface area contributed by atoms with Gasteiger partial charge in [0.05, 0.1) is 5.69 Å². The zero-order chi connectivity index (χ0) is 15.6. The van der Waals surface area contributed by atoms with Crippen LogP contribution >= 0.6 is 0 Å². The van der Waals surface area contributed by atoms with E-state index < -0.39 is 10.0 Å². The third kappa shape index (κ3) is 3.00. The lowest BCUT2D eigenvalue weighted by molar-refractivity contribution is 0.315. The van der Waals surface area contributed by atoms with Crippen LogP contribution in [0.25, 0.3) is 11.0 Å². The van der Waals surface area contributed by atoms with E-state index in [0.29, 0.717) is 25.0 Å². The van der Waals surface area contributed by atoms with Crippen LogP contribution in [0.2, 0.25) is 0 Å². The summed E-state index contributed by atoms with van der Waals surface area (Å²) in [7, 11) is -3.65. The van der Waals surface area contributed by atoms with E-state index in [4.69, 9.17) is 0 Å². The lowest BCUT2D eigenvalue weighted by Crippen LogP contribution is -2.25. The Balaban J connectivity index is 1.65. The Morgan fingerprint density at radius 1 is 1.27 bits per heavy atom. The van der Waals surface area contributed by atoms with Crippen LogP contribution in [0.3, 0.4) is 0 Å². The van der Waals surface area contributed by atoms with Crippen molar-refractivity contribution in [3.8, 4) is 0 Å². The number of hydrogen-bond acceptors (Lipinski definition) is 6. The van der Waals surface area contributed by atoms with Gasteiger partial charge in [-0.25, -0.2) is 17.8 Å². The van der Waals surface area contributed by atoms with E-state index in [1.165, 1.54) is 6.07 Å². The van der Waals surface area contributed by atoms with Crippen LogP contribution in [0, 0.1) is 6.92 Å². The largest absolute Gasteiger partial charge is 0.272 e. The second kappa shape index (κ2) is 5.85. The standard InChI is InChI=1S/C13H15N5O3S/c1-10-6-9-18(15-10)8-3-7-14-22(19,20)12-5-2-4-11-13(12)17-21-16-11/h2,4-6,9,14H,3,7-8H2,1H3. The van der Waals surface area contributed by atoms with Crippen molar-refractivity contribution < 1.29 is 13.0 Å². The molecule has 116 valence electrons. The monoisotopic (exact) mass is 321 g/mol. The lowest BCUT2D eigenvalue weighted by Gasteiger charge is -2.07. The number of aryl methyl sites for hydroxylation is 2. The number of nitrogens with one attached hydrogen (secondary N) is 1. The molecule has 9 heteroatoms. The van der Waals surface area contributed by atoms with Gasteiger partial charge in [0.2, 0.25) is 10.0 Å². The molecule has 8 nitrogen and oxygen atoms in total. The van der Waals surface area contributed by atoms with Crippen LogP contribution in [-0.4, -0.2) is 35.1 Å². The van der Waals surface area contributed by atoms with Gasteiger partial charge in [-0.05, 0) is 41.9 Å². The fraction of sp³-hybridized carbons (Fsp3) is 0.308. The average molecular weight is 321 g/mol. The first-order chi connectivity index (χ1) is 10.6. The average Bonchev–Trinajstić information content (AvgIpc) is 3.11. The maximum Gasteiger partial charge on any atom is 0.242 e. The van der Waals surface area contributed by atoms with E-state index in [2.05, 4.69) is 24.8 Å². The molecule has 0 amide bonds. The number of benzene rings is 1. The van der Waals surface area contributed by atoms with Crippen molar-refractivity contribution in [1.82, 2.24) is 24.8 Å². The minimum atomic E-state index is -3.65. The van der Waals surface area contributed by atoms with Crippen molar-refractivity contribution >= 4 is 21.1 Å². The zero-order valence-electron chi connectivity index (χ0n) is 11.9. The fourth-order valence-electron chi connectivity index (χ4n) is 2.11. The summed E-state index contributed by atoms with van der Waals surface area (Å²) in [6, 6.07) is 6.63. The van der Waals surface area contributed by atoms with Gasteiger partial charge in [0.15, 0.2) is 5.52 Å². The van der Waals surface area contributed by atoms with Crippen LogP contribution < -0.4 is 4.72 Å². The molecule has 0 bridgehead atoms. The molecule has 0 aliphatic carbocycles. The van der Waals surface area contributed by atoms with Gasteiger partial charge in [-0.2, -0.15) is 5.10 Å². The van der Waals surface area contributed by atoms with Gasteiger partial charge in [0.1, 0.15) is 10.4 Å². The van der Waals surface area contributed by atoms with Crippen molar-refractivity contribution in [3.63, 3.8) is 0 Å². The molecule has 2 heterocycles. The molecule has 0 aliphatic heterocycles. The zero-order valence-corrected chi connectivity index (χ0v) is 12.7. The predicted octanol–water partition coefficient (Wildman–Crippen LogP) is 1.10. The van der Waals surface area contributed by atoms with Crippen molar-refractivity contribution in [2.45, 2.75) is 24.8 Å². The van der Waals surface area contributed by atoms with E-state index >= 15 is 0 Å². The highest BCUT2D eigenvalue weighted by Crippen LogP contribution is 2.19. The number of hydrogen-bond donors (Lipinski definition) is 1. The molecule has 0 atom stereocenters. The molecular formula is C13H15N5O3S. The molecule has 0 spiro atoms. The normalized spacial score (nSPS) is 12.0. The summed E-state index contributed by atoms with van der Waals surface area (Å²) in [6.07, 6.45) is 2.50. The highest BCUT2D eigenvalue weighted by atomic mass is 32.2. The fourth-order valence-corrected chi connectivity index (χ4v) is 3.33. The van der Waals surface area contributed by atoms with Crippen LogP contribution in [0.4, 0.5) is 0 Å². The van der Waals surface area contributed by atoms with Gasteiger partial charge in [-0.1, -0.05) is 6.07 Å². The second-order valence-electron chi connectivity index (χ2n) is 4.86. The lowest BCUT2D eigenvalue weighted by atomic mass is 10.3. The summed E-state index contributed by atoms with van der Waals surface area (Å²) in [5, 5.41) is 11.5. The summed E-state index contributed by atoms with van der Waals surface area (Å²) < 4.78 is 33.6. The number of aromatic nitrogens is 4. The predicted molar refractivity (Wildman–Crippen MR) is 78.6 cm³/mol. The summed E-state index contributed by atoms with van der Waals surface area (Å²) in [5.74, 6) is 0. The number of rotatable bonds is 6. The van der Waals surface area contributed by atoms with Crippen molar-refractivity contribution in [2.24, 2.45) is 0 Å². The Morgan fingerprint density at radius 2 is 2.14 bits per heavy atom. The molecule has 0 radical (unpaired) electrons. The third-order valence-corrected chi connectivity index (χ3v) is 4.66. The quantitative estimate of drug-likeness (QED) is 0.682. The summed E-state index contributed by atoms with van der Waals surface area (Å²) >= 11 is 0. The Kier molecular flexibility index (Phi) is 3.90. The van der Waals surface area contributed by atoms with Gasteiger partial charge < -0.3 is 0 Å². The molecule has 1 N–H and O–H groups in total. The molecule has 0 saturated heterocycles. The maximum atomic E-state index is 12.3. The topological polar surface area (TPSA) is 103 Å². The highest BCUT2D eigenvalue weighted by Gasteiger charge is 2.19. The molecule has 22 heavy (non-hydrogen) atoms. The molecule has 3 rings (SSSR count). The number of sulfonamides is 1. The van der Waals surface area contributed by atoms with Crippen molar-refractivity contribution in [2.75, 3.05) is 6.54 Å². The first kappa shape index (κ1) is 14.7. The smallest absolute Gasteiger partial charge is 0.242 e. The van der Waals surface area contributed by atoms with Crippen LogP contribution in [0.15, 0.2) is 40.0 Å². The van der Waals surface area contributed by atoms with E-state index in [1.807, 2.05) is 19.2 Å². The van der Waals surface area contributed by atoms with E-state index in [0.717, 1.165) is 5.69 Å². The number of nitrogens with zero attached hydrogens (tertiary/aromatic N) is 4. The maximum absolute atomic E-state index is 12.3. The van der Waals surface area contributed by atoms with E-state index in [9.17, 15) is 8.42 Å². The first-order valence-electron chi connectivity index (χ1n) is 6.77. The van der Waals surface area contributed by atoms with Gasteiger partial charge >= 0.3 is 0 Å². The molecule has 3 aromatic rings. The van der Waals surface area contributed by atoms with Gasteiger partial charge in [0.25, 0.3) is 0 Å². The summed E-state index contributed by atoms with van der Waals surface area (Å²) in [4.78, 5) is 0.0705. The van der Waals surface area contributed by atoms with Crippen molar-refractivity contribution in [3.05, 3.63) is 36.2 Å². The molecule has 0 fully saturated rings. The molecule has 2 aromatic heterocycles. The molecule has 0 saturated carbocycles. The van der Waals surface area contributed by atoms with Crippen LogP contribution in [-0.2, 0) is 16.6 Å². The Labute approximate surface area is 127 Å². The minimum absolute atomic E-state index is 0.0705. The van der Waals surface area contributed by atoms with Crippen LogP contribution in [0.5, 0.6) is 0 Å². The summed E-state index contributed by atoms with van der Waals surface area (Å²) in [5.41, 5.74) is 1.58. The Hall–Kier alpha value is -2.26. The van der Waals surface area contributed by atoms with Gasteiger partial charge in [-0.15, -0.1) is 0 Å². The molecular weight excluding hydrogens is 306 g/mol. The third-order valence-electron chi connectivity index (χ3n) is 3.17. The number of fused-ring (bicyclic) bond motifs is 1. The molecule has 0 unspecified atom stereocenters. The van der Waals surface area contributed by atoms with Gasteiger partial charge in [0, 0.05) is 19.3 Å².